The van der Waals surface area contributed by atoms with Crippen molar-refractivity contribution >= 4 is 23.1 Å². The molecule has 0 saturated carbocycles. The molecule has 51 heavy (non-hydrogen) atoms. The highest BCUT2D eigenvalue weighted by molar-refractivity contribution is 6.52. The van der Waals surface area contributed by atoms with E-state index >= 15 is 0 Å². The van der Waals surface area contributed by atoms with Crippen LogP contribution < -0.4 is 5.73 Å². The fraction of sp³-hybridized carbons (Fsp3) is 0.649. The summed E-state index contributed by atoms with van der Waals surface area (Å²) >= 11 is 0. The number of ether oxygens (including phenoxy) is 5. The number of carbonyl (C=O) groups is 3. The van der Waals surface area contributed by atoms with E-state index in [1.165, 1.54) is 18.2 Å². The van der Waals surface area contributed by atoms with Crippen LogP contribution in [0.5, 0.6) is 5.75 Å². The molecule has 2 aliphatic carbocycles. The Bertz CT molecular complexity index is 1610. The number of carbonyl (C=O) groups excluding carboxylic acids is 3. The first-order valence-corrected chi connectivity index (χ1v) is 17.8. The summed E-state index contributed by atoms with van der Waals surface area (Å²) in [6, 6.07) is 2.58. The summed E-state index contributed by atoms with van der Waals surface area (Å²) in [4.78, 5) is 39.7. The zero-order valence-corrected chi connectivity index (χ0v) is 29.3. The molecular weight excluding hydrogens is 666 g/mol. The summed E-state index contributed by atoms with van der Waals surface area (Å²) in [5, 5.41) is 56.1. The normalized spacial score (nSPS) is 38.4. The van der Waals surface area contributed by atoms with Gasteiger partial charge in [0, 0.05) is 42.0 Å². The molecule has 1 aromatic carbocycles. The number of aliphatic hydroxyl groups excluding tert-OH is 3. The van der Waals surface area contributed by atoms with E-state index < -0.39 is 95.7 Å². The number of phenolic OH excluding ortho intramolecular Hbond substituents is 1. The van der Waals surface area contributed by atoms with Gasteiger partial charge in [0.1, 0.15) is 23.2 Å². The van der Waals surface area contributed by atoms with Crippen LogP contribution in [0.15, 0.2) is 29.4 Å². The minimum absolute atomic E-state index is 0.204. The molecule has 3 heterocycles. The first-order valence-electron chi connectivity index (χ1n) is 17.8. The monoisotopic (exact) mass is 715 g/mol. The van der Waals surface area contributed by atoms with Gasteiger partial charge in [-0.15, -0.1) is 0 Å². The van der Waals surface area contributed by atoms with Crippen molar-refractivity contribution in [3.05, 3.63) is 46.0 Å². The predicted molar refractivity (Wildman–Crippen MR) is 179 cm³/mol. The van der Waals surface area contributed by atoms with Gasteiger partial charge in [-0.2, -0.15) is 0 Å². The Morgan fingerprint density at radius 1 is 0.902 bits per heavy atom. The van der Waals surface area contributed by atoms with Crippen molar-refractivity contribution in [1.82, 2.24) is 0 Å². The van der Waals surface area contributed by atoms with E-state index in [-0.39, 0.29) is 35.8 Å². The van der Waals surface area contributed by atoms with Gasteiger partial charge in [0.2, 0.25) is 11.6 Å². The highest BCUT2D eigenvalue weighted by atomic mass is 16.7. The number of ketones is 3. The molecule has 0 aromatic heterocycles. The van der Waals surface area contributed by atoms with Gasteiger partial charge in [0.25, 0.3) is 0 Å². The van der Waals surface area contributed by atoms with Crippen molar-refractivity contribution in [2.75, 3.05) is 0 Å². The second-order valence-electron chi connectivity index (χ2n) is 14.7. The Balaban J connectivity index is 1.28. The summed E-state index contributed by atoms with van der Waals surface area (Å²) in [5.41, 5.74) is 3.65. The quantitative estimate of drug-likeness (QED) is 0.213. The van der Waals surface area contributed by atoms with Crippen molar-refractivity contribution in [2.45, 2.75) is 152 Å². The lowest BCUT2D eigenvalue weighted by Gasteiger charge is -2.44. The highest BCUT2D eigenvalue weighted by Gasteiger charge is 2.52. The number of nitrogens with two attached hydrogens (primary N) is 1. The van der Waals surface area contributed by atoms with E-state index in [0.29, 0.717) is 49.7 Å². The molecule has 0 spiro atoms. The molecule has 0 radical (unpaired) electrons. The Hall–Kier alpha value is -3.05. The molecule has 14 heteroatoms. The molecule has 12 atom stereocenters. The lowest BCUT2D eigenvalue weighted by Crippen LogP contribution is -2.59. The maximum Gasteiger partial charge on any atom is 0.234 e. The number of aromatic hydroxyl groups is 1. The van der Waals surface area contributed by atoms with Gasteiger partial charge in [-0.05, 0) is 71.9 Å². The number of hydrogen-bond donors (Lipinski definition) is 6. The molecular formula is C37H49NO13. The first kappa shape index (κ1) is 37.7. The largest absolute Gasteiger partial charge is 0.507 e. The number of aliphatic hydroxyl groups is 4. The molecule has 6 rings (SSSR count). The van der Waals surface area contributed by atoms with E-state index in [0.717, 1.165) is 0 Å². The summed E-state index contributed by atoms with van der Waals surface area (Å²) in [6.07, 6.45) is -4.27. The SMILES string of the molecule is CC1=CC(=O)C(O)C(O)(C(CC2=C(O)c3c(ccc(C4CCC(OC5CCC(O)C(C)O5)C(C)O4)c3O)C(=O)C2=O)OC2CCC(N)C(C)O2)C1. The van der Waals surface area contributed by atoms with Gasteiger partial charge in [-0.1, -0.05) is 11.6 Å². The fourth-order valence-corrected chi connectivity index (χ4v) is 7.85. The zero-order chi connectivity index (χ0) is 36.9. The maximum absolute atomic E-state index is 13.6. The highest BCUT2D eigenvalue weighted by Crippen LogP contribution is 2.45. The Labute approximate surface area is 296 Å². The summed E-state index contributed by atoms with van der Waals surface area (Å²) in [7, 11) is 0. The number of Topliss-reactive ketones (excluding diaryl/α,β-unsaturated/α-hetero) is 2. The lowest BCUT2D eigenvalue weighted by atomic mass is 9.74. The third-order valence-corrected chi connectivity index (χ3v) is 11.0. The smallest absolute Gasteiger partial charge is 0.234 e. The standard InChI is InChI=1S/C37H49NO13/c1-16-13-25(40)36(45)37(46,15-16)28(51-30-11-7-23(38)17(2)48-30)14-22-33(42)31-21(34(43)35(22)44)6-5-20(32(31)41)27-10-9-26(19(4)47-27)50-29-12-8-24(39)18(3)49-29/h5-6,13,17-19,23-24,26-30,36,39,41-42,45-46H,7-12,14-15,38H2,1-4H3. The summed E-state index contributed by atoms with van der Waals surface area (Å²) in [6.45, 7) is 6.98. The van der Waals surface area contributed by atoms with Crippen LogP contribution in [0.25, 0.3) is 5.76 Å². The second kappa shape index (κ2) is 14.8. The van der Waals surface area contributed by atoms with Gasteiger partial charge >= 0.3 is 0 Å². The van der Waals surface area contributed by atoms with Gasteiger partial charge in [-0.25, -0.2) is 0 Å². The van der Waals surface area contributed by atoms with Crippen LogP contribution >= 0.6 is 0 Å². The van der Waals surface area contributed by atoms with Crippen LogP contribution in [0.1, 0.15) is 107 Å². The zero-order valence-electron chi connectivity index (χ0n) is 29.3. The van der Waals surface area contributed by atoms with Crippen LogP contribution in [0.3, 0.4) is 0 Å². The molecule has 280 valence electrons. The molecule has 14 nitrogen and oxygen atoms in total. The topological polar surface area (TPSA) is 225 Å². The van der Waals surface area contributed by atoms with Crippen molar-refractivity contribution in [3.8, 4) is 5.75 Å². The molecule has 3 aliphatic heterocycles. The number of fused-ring (bicyclic) bond motifs is 1. The van der Waals surface area contributed by atoms with Gasteiger partial charge < -0.3 is 55.0 Å². The van der Waals surface area contributed by atoms with E-state index in [9.17, 15) is 39.9 Å². The predicted octanol–water partition coefficient (Wildman–Crippen LogP) is 2.58. The Kier molecular flexibility index (Phi) is 10.9. The molecule has 5 aliphatic rings. The molecule has 7 N–H and O–H groups in total. The van der Waals surface area contributed by atoms with Gasteiger partial charge in [0.05, 0.1) is 48.3 Å². The molecule has 0 amide bonds. The molecule has 3 saturated heterocycles. The average molecular weight is 716 g/mol. The van der Waals surface area contributed by atoms with Crippen LogP contribution in [-0.4, -0.2) is 110 Å². The number of rotatable bonds is 8. The third kappa shape index (κ3) is 7.31. The lowest BCUT2D eigenvalue weighted by molar-refractivity contribution is -0.260. The van der Waals surface area contributed by atoms with Gasteiger partial charge in [-0.3, -0.25) is 14.4 Å². The van der Waals surface area contributed by atoms with E-state index in [1.807, 2.05) is 6.92 Å². The number of phenols is 1. The van der Waals surface area contributed by atoms with Gasteiger partial charge in [0.15, 0.2) is 18.4 Å². The number of hydrogen-bond acceptors (Lipinski definition) is 14. The van der Waals surface area contributed by atoms with Crippen molar-refractivity contribution in [2.24, 2.45) is 5.73 Å². The summed E-state index contributed by atoms with van der Waals surface area (Å²) < 4.78 is 30.3. The molecule has 12 unspecified atom stereocenters. The number of benzene rings is 1. The second-order valence-corrected chi connectivity index (χ2v) is 14.7. The van der Waals surface area contributed by atoms with Crippen LogP contribution in [0, 0.1) is 0 Å². The molecule has 1 aromatic rings. The maximum atomic E-state index is 13.6. The minimum atomic E-state index is -2.26. The fourth-order valence-electron chi connectivity index (χ4n) is 7.85. The third-order valence-electron chi connectivity index (χ3n) is 11.0. The van der Waals surface area contributed by atoms with E-state index in [4.69, 9.17) is 29.4 Å². The van der Waals surface area contributed by atoms with Crippen LogP contribution in [-0.2, 0) is 33.3 Å². The van der Waals surface area contributed by atoms with Crippen molar-refractivity contribution in [3.63, 3.8) is 0 Å². The van der Waals surface area contributed by atoms with E-state index in [2.05, 4.69) is 0 Å². The van der Waals surface area contributed by atoms with Crippen LogP contribution in [0.2, 0.25) is 0 Å². The van der Waals surface area contributed by atoms with Crippen molar-refractivity contribution < 1.29 is 63.6 Å². The first-order chi connectivity index (χ1) is 24.1. The summed E-state index contributed by atoms with van der Waals surface area (Å²) in [5.74, 6) is -3.97. The average Bonchev–Trinajstić information content (AvgIpc) is 3.08. The van der Waals surface area contributed by atoms with Crippen LogP contribution in [0.4, 0.5) is 0 Å². The Morgan fingerprint density at radius 3 is 2.29 bits per heavy atom. The van der Waals surface area contributed by atoms with E-state index in [1.54, 1.807) is 20.8 Å². The molecule has 3 fully saturated rings. The molecule has 0 bridgehead atoms. The minimum Gasteiger partial charge on any atom is -0.507 e. The van der Waals surface area contributed by atoms with Crippen molar-refractivity contribution in [1.29, 1.82) is 0 Å². The Morgan fingerprint density at radius 2 is 1.61 bits per heavy atom.